The fourth-order valence-corrected chi connectivity index (χ4v) is 1.16. The molecule has 0 unspecified atom stereocenters. The second-order valence-corrected chi connectivity index (χ2v) is 3.21. The Labute approximate surface area is 105 Å². The van der Waals surface area contributed by atoms with Gasteiger partial charge in [0.2, 0.25) is 0 Å². The molecule has 0 heterocycles. The van der Waals surface area contributed by atoms with Crippen molar-refractivity contribution in [2.24, 2.45) is 0 Å². The highest BCUT2D eigenvalue weighted by atomic mass is 16.5. The summed E-state index contributed by atoms with van der Waals surface area (Å²) in [7, 11) is 1.24. The number of carbonyl (C=O) groups is 3. The third kappa shape index (κ3) is 4.82. The first-order valence-corrected chi connectivity index (χ1v) is 5.30. The summed E-state index contributed by atoms with van der Waals surface area (Å²) >= 11 is 0. The van der Waals surface area contributed by atoms with E-state index >= 15 is 0 Å². The van der Waals surface area contributed by atoms with Gasteiger partial charge in [0.05, 0.1) is 13.7 Å². The molecule has 1 aliphatic rings. The van der Waals surface area contributed by atoms with Gasteiger partial charge in [-0.2, -0.15) is 0 Å². The molecular formula is C12H16O6. The fraction of sp³-hybridized carbons (Fsp3) is 0.417. The monoisotopic (exact) mass is 256 g/mol. The molecule has 1 N–H and O–H groups in total. The Balaban J connectivity index is 0.000000360. The molecule has 0 spiro atoms. The Morgan fingerprint density at radius 1 is 1.33 bits per heavy atom. The van der Waals surface area contributed by atoms with Gasteiger partial charge in [-0.15, -0.1) is 0 Å². The van der Waals surface area contributed by atoms with Crippen LogP contribution in [0.3, 0.4) is 0 Å². The molecule has 6 heteroatoms. The van der Waals surface area contributed by atoms with Gasteiger partial charge in [0, 0.05) is 17.2 Å². The van der Waals surface area contributed by atoms with E-state index in [4.69, 9.17) is 5.11 Å². The van der Waals surface area contributed by atoms with Crippen LogP contribution in [0.4, 0.5) is 0 Å². The zero-order chi connectivity index (χ0) is 14.1. The topological polar surface area (TPSA) is 89.9 Å². The third-order valence-electron chi connectivity index (χ3n) is 2.13. The second-order valence-electron chi connectivity index (χ2n) is 3.21. The smallest absolute Gasteiger partial charge is 0.334 e. The minimum absolute atomic E-state index is 0.192. The highest BCUT2D eigenvalue weighted by Gasteiger charge is 2.28. The number of methoxy groups -OCH3 is 1. The third-order valence-corrected chi connectivity index (χ3v) is 2.13. The largest absolute Gasteiger partial charge is 0.478 e. The van der Waals surface area contributed by atoms with Crippen LogP contribution < -0.4 is 0 Å². The lowest BCUT2D eigenvalue weighted by Crippen LogP contribution is -2.20. The maximum atomic E-state index is 10.8. The molecule has 0 aliphatic heterocycles. The molecule has 0 bridgehead atoms. The van der Waals surface area contributed by atoms with E-state index in [-0.39, 0.29) is 11.5 Å². The summed E-state index contributed by atoms with van der Waals surface area (Å²) in [6.45, 7) is 5.38. The quantitative estimate of drug-likeness (QED) is 0.597. The first-order valence-electron chi connectivity index (χ1n) is 5.30. The molecule has 0 aromatic rings. The molecular weight excluding hydrogens is 240 g/mol. The SMILES string of the molecule is C=CC(=O)OCC.COC(=O)C1=C(C(=O)O)CC1. The standard InChI is InChI=1S/C7H8O4.C5H8O2/c1-11-7(10)5-3-2-4(5)6(8)9;1-3-5(6)7-4-2/h2-3H2,1H3,(H,8,9);3H,1,4H2,2H3. The molecule has 6 nitrogen and oxygen atoms in total. The van der Waals surface area contributed by atoms with E-state index in [1.54, 1.807) is 6.92 Å². The molecule has 0 aromatic heterocycles. The van der Waals surface area contributed by atoms with Crippen molar-refractivity contribution in [3.8, 4) is 0 Å². The van der Waals surface area contributed by atoms with Crippen molar-refractivity contribution in [3.63, 3.8) is 0 Å². The van der Waals surface area contributed by atoms with Crippen LogP contribution in [0.15, 0.2) is 23.8 Å². The Bertz CT molecular complexity index is 380. The average molecular weight is 256 g/mol. The Hall–Kier alpha value is -2.11. The Morgan fingerprint density at radius 2 is 1.89 bits per heavy atom. The normalized spacial score (nSPS) is 12.6. The van der Waals surface area contributed by atoms with Crippen molar-refractivity contribution in [2.45, 2.75) is 19.8 Å². The predicted octanol–water partition coefficient (Wildman–Crippen LogP) is 1.07. The Kier molecular flexibility index (Phi) is 7.11. The molecule has 0 amide bonds. The maximum absolute atomic E-state index is 10.8. The van der Waals surface area contributed by atoms with Gasteiger partial charge in [-0.1, -0.05) is 6.58 Å². The van der Waals surface area contributed by atoms with Crippen molar-refractivity contribution in [3.05, 3.63) is 23.8 Å². The molecule has 18 heavy (non-hydrogen) atoms. The second kappa shape index (κ2) is 8.05. The van der Waals surface area contributed by atoms with Crippen LogP contribution in [0.2, 0.25) is 0 Å². The number of carbonyl (C=O) groups excluding carboxylic acids is 2. The van der Waals surface area contributed by atoms with Crippen LogP contribution in [0.5, 0.6) is 0 Å². The lowest BCUT2D eigenvalue weighted by Gasteiger charge is -2.17. The number of hydrogen-bond donors (Lipinski definition) is 1. The van der Waals surface area contributed by atoms with Gasteiger partial charge in [0.1, 0.15) is 0 Å². The number of rotatable bonds is 4. The van der Waals surface area contributed by atoms with Gasteiger partial charge < -0.3 is 14.6 Å². The molecule has 1 rings (SSSR count). The summed E-state index contributed by atoms with van der Waals surface area (Å²) in [5, 5.41) is 8.48. The minimum atomic E-state index is -1.02. The highest BCUT2D eigenvalue weighted by molar-refractivity contribution is 6.02. The number of ether oxygens (including phenoxy) is 2. The fourth-order valence-electron chi connectivity index (χ4n) is 1.16. The first-order chi connectivity index (χ1) is 8.47. The van der Waals surface area contributed by atoms with Crippen LogP contribution in [-0.2, 0) is 23.9 Å². The van der Waals surface area contributed by atoms with Crippen molar-refractivity contribution in [2.75, 3.05) is 13.7 Å². The predicted molar refractivity (Wildman–Crippen MR) is 62.7 cm³/mol. The van der Waals surface area contributed by atoms with E-state index in [0.717, 1.165) is 6.08 Å². The van der Waals surface area contributed by atoms with E-state index in [2.05, 4.69) is 16.1 Å². The summed E-state index contributed by atoms with van der Waals surface area (Å²) in [5.41, 5.74) is 0.497. The number of carboxylic acid groups (broad SMARTS) is 1. The van der Waals surface area contributed by atoms with Crippen LogP contribution >= 0.6 is 0 Å². The molecule has 0 atom stereocenters. The zero-order valence-electron chi connectivity index (χ0n) is 10.4. The summed E-state index contributed by atoms with van der Waals surface area (Å²) in [5.74, 6) is -1.90. The lowest BCUT2D eigenvalue weighted by atomic mass is 9.88. The molecule has 1 aliphatic carbocycles. The van der Waals surface area contributed by atoms with Gasteiger partial charge in [-0.25, -0.2) is 14.4 Å². The average Bonchev–Trinajstić information content (AvgIpc) is 2.27. The number of hydrogen-bond acceptors (Lipinski definition) is 5. The van der Waals surface area contributed by atoms with Crippen LogP contribution in [0.1, 0.15) is 19.8 Å². The van der Waals surface area contributed by atoms with Crippen LogP contribution in [0.25, 0.3) is 0 Å². The molecule has 0 aromatic carbocycles. The van der Waals surface area contributed by atoms with Crippen LogP contribution in [-0.4, -0.2) is 36.7 Å². The summed E-state index contributed by atoms with van der Waals surface area (Å²) < 4.78 is 8.81. The van der Waals surface area contributed by atoms with E-state index in [1.165, 1.54) is 7.11 Å². The van der Waals surface area contributed by atoms with E-state index in [0.29, 0.717) is 25.0 Å². The Morgan fingerprint density at radius 3 is 2.11 bits per heavy atom. The van der Waals surface area contributed by atoms with Gasteiger partial charge in [0.15, 0.2) is 0 Å². The van der Waals surface area contributed by atoms with Crippen molar-refractivity contribution in [1.29, 1.82) is 0 Å². The zero-order valence-corrected chi connectivity index (χ0v) is 10.4. The van der Waals surface area contributed by atoms with Gasteiger partial charge in [-0.3, -0.25) is 0 Å². The van der Waals surface area contributed by atoms with Gasteiger partial charge in [0.25, 0.3) is 0 Å². The number of aliphatic carboxylic acids is 1. The van der Waals surface area contributed by atoms with Crippen LogP contribution in [0, 0.1) is 0 Å². The molecule has 100 valence electrons. The van der Waals surface area contributed by atoms with Crippen molar-refractivity contribution < 1.29 is 29.0 Å². The minimum Gasteiger partial charge on any atom is -0.478 e. The number of esters is 2. The van der Waals surface area contributed by atoms with Gasteiger partial charge in [-0.05, 0) is 19.8 Å². The van der Waals surface area contributed by atoms with Gasteiger partial charge >= 0.3 is 17.9 Å². The molecule has 0 radical (unpaired) electrons. The highest BCUT2D eigenvalue weighted by Crippen LogP contribution is 2.28. The lowest BCUT2D eigenvalue weighted by molar-refractivity contribution is -0.139. The van der Waals surface area contributed by atoms with E-state index < -0.39 is 11.9 Å². The first kappa shape index (κ1) is 15.9. The molecule has 0 saturated heterocycles. The molecule has 0 fully saturated rings. The van der Waals surface area contributed by atoms with Crippen molar-refractivity contribution in [1.82, 2.24) is 0 Å². The summed E-state index contributed by atoms with van der Waals surface area (Å²) in [6, 6.07) is 0. The van der Waals surface area contributed by atoms with Crippen molar-refractivity contribution >= 4 is 17.9 Å². The summed E-state index contributed by atoms with van der Waals surface area (Å²) in [4.78, 5) is 31.2. The van der Waals surface area contributed by atoms with E-state index in [1.807, 2.05) is 0 Å². The maximum Gasteiger partial charge on any atom is 0.334 e. The molecule has 0 saturated carbocycles. The van der Waals surface area contributed by atoms with E-state index in [9.17, 15) is 14.4 Å². The number of carboxylic acids is 1. The summed E-state index contributed by atoms with van der Waals surface area (Å²) in [6.07, 6.45) is 2.14.